The number of halogens is 1. The Hall–Kier alpha value is -1.62. The number of hydrogen-bond donors (Lipinski definition) is 1. The third-order valence-electron chi connectivity index (χ3n) is 1.23. The molecular formula is C7H5FO4. The summed E-state index contributed by atoms with van der Waals surface area (Å²) in [6.07, 6.45) is 0. The van der Waals surface area contributed by atoms with Gasteiger partial charge in [-0.2, -0.15) is 0 Å². The normalized spacial score (nSPS) is 9.42. The lowest BCUT2D eigenvalue weighted by Crippen LogP contribution is -1.95. The summed E-state index contributed by atoms with van der Waals surface area (Å²) in [6, 6.07) is 5.11. The van der Waals surface area contributed by atoms with E-state index >= 15 is 0 Å². The van der Waals surface area contributed by atoms with Gasteiger partial charge in [0.15, 0.2) is 5.75 Å². The third kappa shape index (κ3) is 1.93. The highest BCUT2D eigenvalue weighted by molar-refractivity contribution is 5.87. The molecule has 0 aromatic heterocycles. The van der Waals surface area contributed by atoms with E-state index in [-0.39, 0.29) is 11.3 Å². The van der Waals surface area contributed by atoms with Crippen LogP contribution in [-0.2, 0) is 5.09 Å². The fourth-order valence-corrected chi connectivity index (χ4v) is 0.689. The molecule has 1 rings (SSSR count). The van der Waals surface area contributed by atoms with Gasteiger partial charge in [0.1, 0.15) is 0 Å². The number of hydrogen-bond acceptors (Lipinski definition) is 3. The fraction of sp³-hybridized carbons (Fsp3) is 0. The molecular weight excluding hydrogens is 167 g/mol. The predicted octanol–water partition coefficient (Wildman–Crippen LogP) is 1.58. The molecule has 1 aromatic rings. The highest BCUT2D eigenvalue weighted by Crippen LogP contribution is 2.12. The van der Waals surface area contributed by atoms with Crippen molar-refractivity contribution in [2.24, 2.45) is 0 Å². The van der Waals surface area contributed by atoms with Gasteiger partial charge in [0.05, 0.1) is 5.56 Å². The van der Waals surface area contributed by atoms with Crippen LogP contribution in [-0.4, -0.2) is 11.1 Å². The minimum absolute atomic E-state index is 0.0983. The number of benzene rings is 1. The van der Waals surface area contributed by atoms with Gasteiger partial charge in [0.25, 0.3) is 0 Å². The molecule has 0 amide bonds. The van der Waals surface area contributed by atoms with E-state index < -0.39 is 5.97 Å². The zero-order chi connectivity index (χ0) is 8.97. The van der Waals surface area contributed by atoms with Crippen molar-refractivity contribution in [3.05, 3.63) is 29.8 Å². The van der Waals surface area contributed by atoms with Crippen molar-refractivity contribution < 1.29 is 24.4 Å². The van der Waals surface area contributed by atoms with Crippen molar-refractivity contribution in [2.75, 3.05) is 0 Å². The van der Waals surface area contributed by atoms with E-state index in [1.54, 1.807) is 0 Å². The van der Waals surface area contributed by atoms with Gasteiger partial charge in [-0.05, 0) is 28.8 Å². The van der Waals surface area contributed by atoms with E-state index in [1.165, 1.54) is 24.3 Å². The van der Waals surface area contributed by atoms with Crippen LogP contribution >= 0.6 is 0 Å². The number of carbonyl (C=O) groups is 1. The minimum Gasteiger partial charge on any atom is -0.478 e. The quantitative estimate of drug-likeness (QED) is 0.555. The van der Waals surface area contributed by atoms with E-state index in [2.05, 4.69) is 9.98 Å². The maximum Gasteiger partial charge on any atom is 0.335 e. The van der Waals surface area contributed by atoms with Gasteiger partial charge in [-0.15, -0.1) is 0 Å². The lowest BCUT2D eigenvalue weighted by molar-refractivity contribution is -0.367. The molecule has 1 N–H and O–H groups in total. The van der Waals surface area contributed by atoms with Crippen molar-refractivity contribution in [3.8, 4) is 5.75 Å². The number of carboxylic acid groups (broad SMARTS) is 1. The summed E-state index contributed by atoms with van der Waals surface area (Å²) in [7, 11) is 0. The van der Waals surface area contributed by atoms with E-state index in [1.807, 2.05) is 0 Å². The Labute approximate surface area is 67.0 Å². The third-order valence-corrected chi connectivity index (χ3v) is 1.23. The standard InChI is InChI=1S/C7H5FO4/c8-12-11-6-3-1-5(2-4-6)7(9)10/h1-4H,(H,9,10). The largest absolute Gasteiger partial charge is 0.478 e. The van der Waals surface area contributed by atoms with E-state index in [4.69, 9.17) is 5.11 Å². The number of rotatable bonds is 3. The summed E-state index contributed by atoms with van der Waals surface area (Å²) in [5, 5.41) is 11.3. The van der Waals surface area contributed by atoms with Crippen molar-refractivity contribution in [1.82, 2.24) is 0 Å². The van der Waals surface area contributed by atoms with Crippen LogP contribution in [0.25, 0.3) is 0 Å². The van der Waals surface area contributed by atoms with E-state index in [0.29, 0.717) is 0 Å². The average Bonchev–Trinajstić information content (AvgIpc) is 2.06. The summed E-state index contributed by atoms with van der Waals surface area (Å²) < 4.78 is 11.1. The Kier molecular flexibility index (Phi) is 2.60. The number of carboxylic acids is 1. The van der Waals surface area contributed by atoms with Crippen LogP contribution in [0.15, 0.2) is 24.3 Å². The molecule has 0 aliphatic rings. The molecule has 12 heavy (non-hydrogen) atoms. The topological polar surface area (TPSA) is 55.8 Å². The van der Waals surface area contributed by atoms with Gasteiger partial charge in [0, 0.05) is 5.09 Å². The van der Waals surface area contributed by atoms with Crippen LogP contribution in [0.4, 0.5) is 4.53 Å². The lowest BCUT2D eigenvalue weighted by Gasteiger charge is -1.96. The molecule has 0 unspecified atom stereocenters. The molecule has 0 saturated carbocycles. The zero-order valence-electron chi connectivity index (χ0n) is 5.86. The first kappa shape index (κ1) is 8.48. The maximum absolute atomic E-state index is 11.1. The Balaban J connectivity index is 2.78. The van der Waals surface area contributed by atoms with Gasteiger partial charge in [-0.1, -0.05) is 0 Å². The molecule has 0 spiro atoms. The molecule has 0 aliphatic carbocycles. The lowest BCUT2D eigenvalue weighted by atomic mass is 10.2. The SMILES string of the molecule is O=C(O)c1ccc(OOF)cc1. The Bertz CT molecular complexity index is 269. The average molecular weight is 172 g/mol. The molecule has 4 nitrogen and oxygen atoms in total. The molecule has 0 saturated heterocycles. The second kappa shape index (κ2) is 3.68. The molecule has 0 fully saturated rings. The van der Waals surface area contributed by atoms with Crippen molar-refractivity contribution in [1.29, 1.82) is 0 Å². The molecule has 0 aliphatic heterocycles. The van der Waals surface area contributed by atoms with Gasteiger partial charge in [-0.3, -0.25) is 0 Å². The molecule has 0 bridgehead atoms. The summed E-state index contributed by atoms with van der Waals surface area (Å²) >= 11 is 0. The molecule has 0 heterocycles. The fourth-order valence-electron chi connectivity index (χ4n) is 0.689. The minimum atomic E-state index is -1.05. The Morgan fingerprint density at radius 2 is 1.92 bits per heavy atom. The van der Waals surface area contributed by atoms with Crippen LogP contribution < -0.4 is 4.89 Å². The summed E-state index contributed by atoms with van der Waals surface area (Å²) in [6.45, 7) is 0. The Morgan fingerprint density at radius 1 is 1.33 bits per heavy atom. The van der Waals surface area contributed by atoms with Crippen molar-refractivity contribution in [2.45, 2.75) is 0 Å². The van der Waals surface area contributed by atoms with E-state index in [0.717, 1.165) is 0 Å². The maximum atomic E-state index is 11.1. The second-order valence-electron chi connectivity index (χ2n) is 1.98. The smallest absolute Gasteiger partial charge is 0.335 e. The molecule has 0 atom stereocenters. The van der Waals surface area contributed by atoms with Crippen molar-refractivity contribution in [3.63, 3.8) is 0 Å². The Morgan fingerprint density at radius 3 is 2.33 bits per heavy atom. The molecule has 0 radical (unpaired) electrons. The van der Waals surface area contributed by atoms with Gasteiger partial charge in [-0.25, -0.2) is 4.79 Å². The summed E-state index contributed by atoms with van der Waals surface area (Å²) in [5.41, 5.74) is 0.0983. The van der Waals surface area contributed by atoms with Crippen LogP contribution in [0.5, 0.6) is 5.75 Å². The van der Waals surface area contributed by atoms with Gasteiger partial charge >= 0.3 is 5.97 Å². The van der Waals surface area contributed by atoms with Crippen LogP contribution in [0, 0.1) is 0 Å². The number of aromatic carboxylic acids is 1. The van der Waals surface area contributed by atoms with Gasteiger partial charge in [0.2, 0.25) is 0 Å². The highest BCUT2D eigenvalue weighted by Gasteiger charge is 2.01. The van der Waals surface area contributed by atoms with Crippen LogP contribution in [0.1, 0.15) is 10.4 Å². The molecule has 64 valence electrons. The van der Waals surface area contributed by atoms with Crippen LogP contribution in [0.2, 0.25) is 0 Å². The second-order valence-corrected chi connectivity index (χ2v) is 1.98. The van der Waals surface area contributed by atoms with Crippen molar-refractivity contribution >= 4 is 5.97 Å². The zero-order valence-corrected chi connectivity index (χ0v) is 5.86. The molecule has 5 heteroatoms. The summed E-state index contributed by atoms with van der Waals surface area (Å²) in [5.74, 6) is -0.954. The first-order valence-electron chi connectivity index (χ1n) is 3.02. The first-order chi connectivity index (χ1) is 5.74. The van der Waals surface area contributed by atoms with E-state index in [9.17, 15) is 9.32 Å². The monoisotopic (exact) mass is 172 g/mol. The predicted molar refractivity (Wildman–Crippen MR) is 36.2 cm³/mol. The molecule has 1 aromatic carbocycles. The summed E-state index contributed by atoms with van der Waals surface area (Å²) in [4.78, 5) is 14.3. The highest BCUT2D eigenvalue weighted by atomic mass is 19.3. The van der Waals surface area contributed by atoms with Crippen LogP contribution in [0.3, 0.4) is 0 Å². The van der Waals surface area contributed by atoms with Gasteiger partial charge < -0.3 is 9.99 Å². The first-order valence-corrected chi connectivity index (χ1v) is 3.02.